The largest absolute Gasteiger partial charge is 0.490 e. The van der Waals surface area contributed by atoms with Crippen molar-refractivity contribution in [3.8, 4) is 0 Å². The minimum Gasteiger partial charge on any atom is -0.490 e. The first-order chi connectivity index (χ1) is 7.15. The third-order valence-corrected chi connectivity index (χ3v) is 2.85. The van der Waals surface area contributed by atoms with Gasteiger partial charge in [0.1, 0.15) is 6.10 Å². The number of carbonyl (C=O) groups excluding carboxylic acids is 1. The van der Waals surface area contributed by atoms with Gasteiger partial charge in [-0.1, -0.05) is 28.1 Å². The summed E-state index contributed by atoms with van der Waals surface area (Å²) in [5.74, 6) is 0.825. The molecular weight excluding hydrogens is 256 g/mol. The van der Waals surface area contributed by atoms with Gasteiger partial charge in [0.05, 0.1) is 12.2 Å². The molecule has 0 spiro atoms. The van der Waals surface area contributed by atoms with Crippen LogP contribution >= 0.6 is 15.9 Å². The predicted octanol–water partition coefficient (Wildman–Crippen LogP) is 3.38. The summed E-state index contributed by atoms with van der Waals surface area (Å²) in [7, 11) is 0. The zero-order valence-electron chi connectivity index (χ0n) is 8.37. The molecule has 1 heterocycles. The van der Waals surface area contributed by atoms with Crippen LogP contribution in [0.2, 0.25) is 0 Å². The highest BCUT2D eigenvalue weighted by molar-refractivity contribution is 9.10. The number of carbonyl (C=O) groups is 1. The summed E-state index contributed by atoms with van der Waals surface area (Å²) in [4.78, 5) is 11.4. The van der Waals surface area contributed by atoms with Crippen molar-refractivity contribution in [1.82, 2.24) is 0 Å². The van der Waals surface area contributed by atoms with E-state index in [1.165, 1.54) is 0 Å². The maximum Gasteiger partial charge on any atom is 0.163 e. The van der Waals surface area contributed by atoms with Crippen LogP contribution in [0.5, 0.6) is 0 Å². The molecule has 0 fully saturated rings. The standard InChI is InChI=1S/C12H11BrO2/c1-8-6-11(14)7-12(15-8)9-2-4-10(13)5-3-9/h2-6,12H,7H2,1H3. The van der Waals surface area contributed by atoms with Crippen LogP contribution in [0.3, 0.4) is 0 Å². The molecule has 0 saturated carbocycles. The highest BCUT2D eigenvalue weighted by Crippen LogP contribution is 2.28. The average molecular weight is 267 g/mol. The number of allylic oxidation sites excluding steroid dienone is 2. The quantitative estimate of drug-likeness (QED) is 0.779. The van der Waals surface area contributed by atoms with Crippen LogP contribution < -0.4 is 0 Å². The molecule has 2 nitrogen and oxygen atoms in total. The maximum absolute atomic E-state index is 11.4. The average Bonchev–Trinajstić information content (AvgIpc) is 2.17. The van der Waals surface area contributed by atoms with Gasteiger partial charge in [0.2, 0.25) is 0 Å². The molecule has 2 rings (SSSR count). The summed E-state index contributed by atoms with van der Waals surface area (Å²) in [6.45, 7) is 1.81. The zero-order valence-corrected chi connectivity index (χ0v) is 9.95. The van der Waals surface area contributed by atoms with Crippen molar-refractivity contribution in [2.75, 3.05) is 0 Å². The van der Waals surface area contributed by atoms with Crippen LogP contribution in [0.15, 0.2) is 40.6 Å². The smallest absolute Gasteiger partial charge is 0.163 e. The first-order valence-electron chi connectivity index (χ1n) is 4.78. The molecule has 0 N–H and O–H groups in total. The first-order valence-corrected chi connectivity index (χ1v) is 5.58. The molecule has 0 radical (unpaired) electrons. The van der Waals surface area contributed by atoms with Gasteiger partial charge in [-0.05, 0) is 24.6 Å². The third kappa shape index (κ3) is 2.48. The zero-order chi connectivity index (χ0) is 10.8. The highest BCUT2D eigenvalue weighted by atomic mass is 79.9. The van der Waals surface area contributed by atoms with E-state index in [4.69, 9.17) is 4.74 Å². The topological polar surface area (TPSA) is 26.3 Å². The van der Waals surface area contributed by atoms with Crippen molar-refractivity contribution in [2.24, 2.45) is 0 Å². The first kappa shape index (κ1) is 10.4. The highest BCUT2D eigenvalue weighted by Gasteiger charge is 2.21. The van der Waals surface area contributed by atoms with Gasteiger partial charge in [0.25, 0.3) is 0 Å². The van der Waals surface area contributed by atoms with Crippen LogP contribution in [0.25, 0.3) is 0 Å². The van der Waals surface area contributed by atoms with E-state index in [9.17, 15) is 4.79 Å². The molecule has 15 heavy (non-hydrogen) atoms. The Morgan fingerprint density at radius 2 is 2.00 bits per heavy atom. The Labute approximate surface area is 97.1 Å². The summed E-state index contributed by atoms with van der Waals surface area (Å²) < 4.78 is 6.64. The van der Waals surface area contributed by atoms with Crippen molar-refractivity contribution in [3.63, 3.8) is 0 Å². The molecule has 1 aromatic rings. The molecular formula is C12H11BrO2. The monoisotopic (exact) mass is 266 g/mol. The Morgan fingerprint density at radius 3 is 2.60 bits per heavy atom. The van der Waals surface area contributed by atoms with Gasteiger partial charge >= 0.3 is 0 Å². The van der Waals surface area contributed by atoms with Gasteiger partial charge in [-0.15, -0.1) is 0 Å². The van der Waals surface area contributed by atoms with Crippen molar-refractivity contribution in [3.05, 3.63) is 46.1 Å². The molecule has 0 saturated heterocycles. The van der Waals surface area contributed by atoms with E-state index in [1.807, 2.05) is 31.2 Å². The molecule has 1 atom stereocenters. The second-order valence-electron chi connectivity index (χ2n) is 3.58. The fourth-order valence-electron chi connectivity index (χ4n) is 1.63. The van der Waals surface area contributed by atoms with Crippen LogP contribution in [0, 0.1) is 0 Å². The van der Waals surface area contributed by atoms with E-state index in [0.29, 0.717) is 12.2 Å². The summed E-state index contributed by atoms with van der Waals surface area (Å²) in [5.41, 5.74) is 1.04. The minimum absolute atomic E-state index is 0.129. The third-order valence-electron chi connectivity index (χ3n) is 2.32. The lowest BCUT2D eigenvalue weighted by Gasteiger charge is -2.22. The fraction of sp³-hybridized carbons (Fsp3) is 0.250. The summed E-state index contributed by atoms with van der Waals surface area (Å²) in [5, 5.41) is 0. The summed E-state index contributed by atoms with van der Waals surface area (Å²) in [6, 6.07) is 7.86. The fourth-order valence-corrected chi connectivity index (χ4v) is 1.90. The SMILES string of the molecule is CC1=CC(=O)CC(c2ccc(Br)cc2)O1. The summed E-state index contributed by atoms with van der Waals surface area (Å²) in [6.07, 6.45) is 1.85. The van der Waals surface area contributed by atoms with Crippen LogP contribution in [-0.2, 0) is 9.53 Å². The Kier molecular flexibility index (Phi) is 2.91. The lowest BCUT2D eigenvalue weighted by molar-refractivity contribution is -0.118. The molecule has 1 aliphatic rings. The second kappa shape index (κ2) is 4.19. The normalized spacial score (nSPS) is 20.8. The van der Waals surface area contributed by atoms with Crippen molar-refractivity contribution in [2.45, 2.75) is 19.4 Å². The Morgan fingerprint density at radius 1 is 1.33 bits per heavy atom. The van der Waals surface area contributed by atoms with Crippen molar-refractivity contribution >= 4 is 21.7 Å². The van der Waals surface area contributed by atoms with E-state index in [2.05, 4.69) is 15.9 Å². The van der Waals surface area contributed by atoms with Gasteiger partial charge in [-0.3, -0.25) is 4.79 Å². The molecule has 1 aromatic carbocycles. The van der Waals surface area contributed by atoms with E-state index in [-0.39, 0.29) is 11.9 Å². The molecule has 0 amide bonds. The van der Waals surface area contributed by atoms with Crippen LogP contribution in [-0.4, -0.2) is 5.78 Å². The number of rotatable bonds is 1. The minimum atomic E-state index is -0.129. The molecule has 78 valence electrons. The number of ketones is 1. The Balaban J connectivity index is 2.22. The van der Waals surface area contributed by atoms with E-state index >= 15 is 0 Å². The van der Waals surface area contributed by atoms with E-state index in [1.54, 1.807) is 6.08 Å². The second-order valence-corrected chi connectivity index (χ2v) is 4.50. The molecule has 0 aromatic heterocycles. The Bertz CT molecular complexity index is 406. The lowest BCUT2D eigenvalue weighted by Crippen LogP contribution is -2.14. The van der Waals surface area contributed by atoms with Gasteiger partial charge < -0.3 is 4.74 Å². The molecule has 0 bridgehead atoms. The predicted molar refractivity (Wildman–Crippen MR) is 61.3 cm³/mol. The molecule has 0 aliphatic carbocycles. The lowest BCUT2D eigenvalue weighted by atomic mass is 10.0. The number of halogens is 1. The number of ether oxygens (including phenoxy) is 1. The number of benzene rings is 1. The maximum atomic E-state index is 11.4. The van der Waals surface area contributed by atoms with E-state index in [0.717, 1.165) is 10.0 Å². The Hall–Kier alpha value is -1.09. The number of hydrogen-bond acceptors (Lipinski definition) is 2. The molecule has 1 unspecified atom stereocenters. The molecule has 1 aliphatic heterocycles. The van der Waals surface area contributed by atoms with Gasteiger partial charge in [-0.2, -0.15) is 0 Å². The van der Waals surface area contributed by atoms with Gasteiger partial charge in [-0.25, -0.2) is 0 Å². The van der Waals surface area contributed by atoms with Crippen molar-refractivity contribution < 1.29 is 9.53 Å². The van der Waals surface area contributed by atoms with Gasteiger partial charge in [0.15, 0.2) is 5.78 Å². The van der Waals surface area contributed by atoms with Crippen molar-refractivity contribution in [1.29, 1.82) is 0 Å². The van der Waals surface area contributed by atoms with Gasteiger partial charge in [0, 0.05) is 10.5 Å². The van der Waals surface area contributed by atoms with E-state index < -0.39 is 0 Å². The van der Waals surface area contributed by atoms with Crippen LogP contribution in [0.4, 0.5) is 0 Å². The number of hydrogen-bond donors (Lipinski definition) is 0. The summed E-state index contributed by atoms with van der Waals surface area (Å²) >= 11 is 3.37. The van der Waals surface area contributed by atoms with Crippen LogP contribution in [0.1, 0.15) is 25.0 Å². The molecule has 3 heteroatoms.